The molecule has 45 heavy (non-hydrogen) atoms. The molecular weight excluding hydrogens is 548 g/mol. The molecule has 0 heterocycles. The zero-order valence-corrected chi connectivity index (χ0v) is 27.2. The molecule has 4 aromatic carbocycles. The number of rotatable bonds is 10. The lowest BCUT2D eigenvalue weighted by atomic mass is 9.51. The van der Waals surface area contributed by atoms with Crippen molar-refractivity contribution in [2.75, 3.05) is 0 Å². The Bertz CT molecular complexity index is 1230. The maximum absolute atomic E-state index is 12.0. The Hall–Kier alpha value is -3.20. The molecule has 0 bridgehead atoms. The fourth-order valence-electron chi connectivity index (χ4n) is 9.25. The monoisotopic (exact) mass is 600 g/mol. The number of aliphatic hydroxyl groups excluding tert-OH is 2. The van der Waals surface area contributed by atoms with Crippen molar-refractivity contribution in [2.45, 2.75) is 101 Å². The summed E-state index contributed by atoms with van der Waals surface area (Å²) < 4.78 is 0. The third-order valence-electron chi connectivity index (χ3n) is 11.9. The van der Waals surface area contributed by atoms with Gasteiger partial charge in [0.1, 0.15) is 0 Å². The Morgan fingerprint density at radius 2 is 0.778 bits per heavy atom. The standard InChI is InChI=1S/C43H52O2/c1-3-4-17-26-43(2,35-27-37(31-18-9-5-10-19-31)41(44)38(28-35)32-20-11-6-12-21-32)36-29-39(33-22-13-7-14-23-33)42(45)40(30-36)34-24-15-8-16-25-34/h5-16,18-25,35-42,44-45H,3-4,17,26-30H2,1-2H3. The van der Waals surface area contributed by atoms with Gasteiger partial charge in [-0.2, -0.15) is 0 Å². The van der Waals surface area contributed by atoms with Crippen LogP contribution in [0, 0.1) is 17.3 Å². The summed E-state index contributed by atoms with van der Waals surface area (Å²) >= 11 is 0. The van der Waals surface area contributed by atoms with Crippen LogP contribution in [0.25, 0.3) is 0 Å². The van der Waals surface area contributed by atoms with E-state index in [0.717, 1.165) is 25.7 Å². The highest BCUT2D eigenvalue weighted by atomic mass is 16.3. The molecule has 2 heteroatoms. The Kier molecular flexibility index (Phi) is 10.2. The van der Waals surface area contributed by atoms with E-state index in [1.165, 1.54) is 47.9 Å². The third kappa shape index (κ3) is 6.83. The van der Waals surface area contributed by atoms with E-state index in [4.69, 9.17) is 0 Å². The van der Waals surface area contributed by atoms with Gasteiger partial charge < -0.3 is 10.2 Å². The first-order chi connectivity index (χ1) is 22.0. The summed E-state index contributed by atoms with van der Waals surface area (Å²) in [6.07, 6.45) is 8.06. The third-order valence-corrected chi connectivity index (χ3v) is 11.9. The van der Waals surface area contributed by atoms with Crippen molar-refractivity contribution in [3.8, 4) is 0 Å². The summed E-state index contributed by atoms with van der Waals surface area (Å²) in [7, 11) is 0. The molecule has 2 N–H and O–H groups in total. The number of hydrogen-bond acceptors (Lipinski definition) is 2. The number of benzene rings is 4. The van der Waals surface area contributed by atoms with Crippen molar-refractivity contribution in [1.29, 1.82) is 0 Å². The molecule has 2 fully saturated rings. The van der Waals surface area contributed by atoms with E-state index >= 15 is 0 Å². The minimum Gasteiger partial charge on any atom is -0.392 e. The Morgan fingerprint density at radius 3 is 1.04 bits per heavy atom. The predicted molar refractivity (Wildman–Crippen MR) is 186 cm³/mol. The van der Waals surface area contributed by atoms with Gasteiger partial charge in [0.15, 0.2) is 0 Å². The van der Waals surface area contributed by atoms with Crippen LogP contribution in [0.1, 0.15) is 111 Å². The molecule has 6 rings (SSSR count). The van der Waals surface area contributed by atoms with E-state index in [1.54, 1.807) is 0 Å². The van der Waals surface area contributed by atoms with E-state index in [2.05, 4.69) is 135 Å². The molecule has 2 saturated carbocycles. The van der Waals surface area contributed by atoms with Crippen molar-refractivity contribution in [2.24, 2.45) is 17.3 Å². The second kappa shape index (κ2) is 14.5. The largest absolute Gasteiger partial charge is 0.392 e. The fourth-order valence-corrected chi connectivity index (χ4v) is 9.25. The van der Waals surface area contributed by atoms with Gasteiger partial charge >= 0.3 is 0 Å². The van der Waals surface area contributed by atoms with E-state index < -0.39 is 12.2 Å². The molecule has 0 radical (unpaired) electrons. The van der Waals surface area contributed by atoms with Gasteiger partial charge in [0.05, 0.1) is 12.2 Å². The van der Waals surface area contributed by atoms with Crippen LogP contribution in [-0.2, 0) is 0 Å². The van der Waals surface area contributed by atoms with Gasteiger partial charge in [0.25, 0.3) is 0 Å². The summed E-state index contributed by atoms with van der Waals surface area (Å²) in [6, 6.07) is 43.1. The van der Waals surface area contributed by atoms with Gasteiger partial charge in [-0.15, -0.1) is 0 Å². The van der Waals surface area contributed by atoms with Crippen molar-refractivity contribution in [3.05, 3.63) is 144 Å². The SMILES string of the molecule is CCCCCC(C)(C1CC(c2ccccc2)C(O)C(c2ccccc2)C1)C1CC(c2ccccc2)C(O)C(c2ccccc2)C1. The molecule has 0 aliphatic heterocycles. The highest BCUT2D eigenvalue weighted by Gasteiger charge is 2.51. The van der Waals surface area contributed by atoms with Crippen molar-refractivity contribution in [1.82, 2.24) is 0 Å². The summed E-state index contributed by atoms with van der Waals surface area (Å²) in [5, 5.41) is 24.1. The number of aliphatic hydroxyl groups is 2. The Labute approximate surface area is 271 Å². The average molecular weight is 601 g/mol. The van der Waals surface area contributed by atoms with Gasteiger partial charge in [0.2, 0.25) is 0 Å². The zero-order valence-electron chi connectivity index (χ0n) is 27.2. The summed E-state index contributed by atoms with van der Waals surface area (Å²) in [5.41, 5.74) is 5.12. The predicted octanol–water partition coefficient (Wildman–Crippen LogP) is 10.2. The molecule has 0 amide bonds. The topological polar surface area (TPSA) is 40.5 Å². The first-order valence-electron chi connectivity index (χ1n) is 17.6. The Balaban J connectivity index is 1.42. The van der Waals surface area contributed by atoms with Gasteiger partial charge in [-0.05, 0) is 71.6 Å². The van der Waals surface area contributed by atoms with Crippen LogP contribution in [0.3, 0.4) is 0 Å². The summed E-state index contributed by atoms with van der Waals surface area (Å²) in [4.78, 5) is 0. The van der Waals surface area contributed by atoms with Gasteiger partial charge in [-0.3, -0.25) is 0 Å². The lowest BCUT2D eigenvalue weighted by Gasteiger charge is -2.54. The van der Waals surface area contributed by atoms with Gasteiger partial charge in [-0.1, -0.05) is 154 Å². The highest BCUT2D eigenvalue weighted by Crippen LogP contribution is 2.59. The molecule has 4 unspecified atom stereocenters. The van der Waals surface area contributed by atoms with Gasteiger partial charge in [0, 0.05) is 23.7 Å². The van der Waals surface area contributed by atoms with Crippen LogP contribution in [0.5, 0.6) is 0 Å². The number of hydrogen-bond donors (Lipinski definition) is 2. The van der Waals surface area contributed by atoms with E-state index in [9.17, 15) is 10.2 Å². The van der Waals surface area contributed by atoms with E-state index in [0.29, 0.717) is 11.8 Å². The Morgan fingerprint density at radius 1 is 0.489 bits per heavy atom. The molecule has 0 spiro atoms. The highest BCUT2D eigenvalue weighted by molar-refractivity contribution is 5.31. The molecular formula is C43H52O2. The normalized spacial score (nSPS) is 30.0. The second-order valence-electron chi connectivity index (χ2n) is 14.3. The lowest BCUT2D eigenvalue weighted by Crippen LogP contribution is -2.47. The van der Waals surface area contributed by atoms with Crippen LogP contribution in [0.2, 0.25) is 0 Å². The first kappa shape index (κ1) is 31.8. The molecule has 2 aliphatic carbocycles. The molecule has 4 atom stereocenters. The smallest absolute Gasteiger partial charge is 0.0677 e. The van der Waals surface area contributed by atoms with Gasteiger partial charge in [-0.25, -0.2) is 0 Å². The molecule has 2 nitrogen and oxygen atoms in total. The first-order valence-corrected chi connectivity index (χ1v) is 17.6. The maximum Gasteiger partial charge on any atom is 0.0677 e. The van der Waals surface area contributed by atoms with E-state index in [1.807, 2.05) is 0 Å². The second-order valence-corrected chi connectivity index (χ2v) is 14.3. The number of unbranched alkanes of at least 4 members (excludes halogenated alkanes) is 2. The molecule has 2 aliphatic rings. The van der Waals surface area contributed by atoms with Crippen LogP contribution >= 0.6 is 0 Å². The van der Waals surface area contributed by atoms with Crippen molar-refractivity contribution >= 4 is 0 Å². The molecule has 236 valence electrons. The fraction of sp³-hybridized carbons (Fsp3) is 0.442. The maximum atomic E-state index is 12.0. The van der Waals surface area contributed by atoms with Crippen LogP contribution < -0.4 is 0 Å². The van der Waals surface area contributed by atoms with Crippen LogP contribution in [0.4, 0.5) is 0 Å². The minimum absolute atomic E-state index is 0.0789. The molecule has 0 aromatic heterocycles. The minimum atomic E-state index is -0.409. The average Bonchev–Trinajstić information content (AvgIpc) is 3.10. The lowest BCUT2D eigenvalue weighted by molar-refractivity contribution is -0.0447. The summed E-state index contributed by atoms with van der Waals surface area (Å²) in [6.45, 7) is 4.90. The van der Waals surface area contributed by atoms with E-state index in [-0.39, 0.29) is 29.1 Å². The van der Waals surface area contributed by atoms with Crippen molar-refractivity contribution < 1.29 is 10.2 Å². The van der Waals surface area contributed by atoms with Crippen LogP contribution in [-0.4, -0.2) is 22.4 Å². The molecule has 0 saturated heterocycles. The zero-order chi connectivity index (χ0) is 31.2. The molecule has 4 aromatic rings. The van der Waals surface area contributed by atoms with Crippen molar-refractivity contribution in [3.63, 3.8) is 0 Å². The quantitative estimate of drug-likeness (QED) is 0.178. The summed E-state index contributed by atoms with van der Waals surface area (Å²) in [5.74, 6) is 1.33. The van der Waals surface area contributed by atoms with Crippen LogP contribution in [0.15, 0.2) is 121 Å².